The van der Waals surface area contributed by atoms with Crippen LogP contribution in [-0.4, -0.2) is 30.0 Å². The van der Waals surface area contributed by atoms with Crippen LogP contribution < -0.4 is 16.0 Å². The number of hydrogen-bond acceptors (Lipinski definition) is 5. The first-order valence-corrected chi connectivity index (χ1v) is 7.53. The van der Waals surface area contributed by atoms with Crippen LogP contribution in [0.5, 0.6) is 0 Å². The Balaban J connectivity index is 1.87. The standard InChI is InChI=1S/C14H18N4OS/c1-8(19)16-10-3-4-18(7-10)13-6-12-14(5-11(13)15)20-9(2)17-12/h5-6,10H,3-4,7,15H2,1-2H3,(H,16,19). The molecule has 1 aliphatic heterocycles. The zero-order chi connectivity index (χ0) is 14.3. The van der Waals surface area contributed by atoms with Gasteiger partial charge in [-0.3, -0.25) is 4.79 Å². The second-order valence-electron chi connectivity index (χ2n) is 5.24. The number of hydrogen-bond donors (Lipinski definition) is 2. The highest BCUT2D eigenvalue weighted by molar-refractivity contribution is 7.18. The van der Waals surface area contributed by atoms with E-state index in [2.05, 4.69) is 21.3 Å². The highest BCUT2D eigenvalue weighted by atomic mass is 32.1. The van der Waals surface area contributed by atoms with Gasteiger partial charge in [-0.1, -0.05) is 0 Å². The molecule has 6 heteroatoms. The Bertz CT molecular complexity index is 666. The molecule has 0 spiro atoms. The van der Waals surface area contributed by atoms with Crippen LogP contribution in [-0.2, 0) is 4.79 Å². The molecule has 1 aromatic heterocycles. The molecular weight excluding hydrogens is 272 g/mol. The van der Waals surface area contributed by atoms with Crippen molar-refractivity contribution in [1.29, 1.82) is 0 Å². The van der Waals surface area contributed by atoms with Crippen molar-refractivity contribution in [2.45, 2.75) is 26.3 Å². The number of nitrogens with zero attached hydrogens (tertiary/aromatic N) is 2. The number of nitrogen functional groups attached to an aromatic ring is 1. The molecule has 20 heavy (non-hydrogen) atoms. The fraction of sp³-hybridized carbons (Fsp3) is 0.429. The van der Waals surface area contributed by atoms with Gasteiger partial charge in [0.1, 0.15) is 0 Å². The number of thiazole rings is 1. The van der Waals surface area contributed by atoms with Crippen LogP contribution in [0.15, 0.2) is 12.1 Å². The maximum atomic E-state index is 11.1. The van der Waals surface area contributed by atoms with E-state index in [4.69, 9.17) is 5.73 Å². The molecule has 1 unspecified atom stereocenters. The molecule has 1 saturated heterocycles. The van der Waals surface area contributed by atoms with Gasteiger partial charge in [0.15, 0.2) is 0 Å². The highest BCUT2D eigenvalue weighted by Gasteiger charge is 2.24. The molecule has 0 aliphatic carbocycles. The number of benzene rings is 1. The third-order valence-electron chi connectivity index (χ3n) is 3.58. The molecule has 0 saturated carbocycles. The number of aryl methyl sites for hydroxylation is 1. The Morgan fingerprint density at radius 2 is 2.35 bits per heavy atom. The van der Waals surface area contributed by atoms with Crippen LogP contribution in [0.2, 0.25) is 0 Å². The predicted octanol–water partition coefficient (Wildman–Crippen LogP) is 1.90. The van der Waals surface area contributed by atoms with E-state index in [1.165, 1.54) is 0 Å². The lowest BCUT2D eigenvalue weighted by atomic mass is 10.2. The Labute approximate surface area is 121 Å². The minimum atomic E-state index is 0.0235. The summed E-state index contributed by atoms with van der Waals surface area (Å²) in [6.45, 7) is 5.27. The van der Waals surface area contributed by atoms with E-state index in [1.807, 2.05) is 13.0 Å². The van der Waals surface area contributed by atoms with Crippen molar-refractivity contribution < 1.29 is 4.79 Å². The van der Waals surface area contributed by atoms with E-state index >= 15 is 0 Å². The Morgan fingerprint density at radius 1 is 1.55 bits per heavy atom. The lowest BCUT2D eigenvalue weighted by molar-refractivity contribution is -0.119. The summed E-state index contributed by atoms with van der Waals surface area (Å²) in [5.74, 6) is 0.0235. The second kappa shape index (κ2) is 4.94. The monoisotopic (exact) mass is 290 g/mol. The summed E-state index contributed by atoms with van der Waals surface area (Å²) in [6, 6.07) is 4.27. The highest BCUT2D eigenvalue weighted by Crippen LogP contribution is 2.33. The van der Waals surface area contributed by atoms with Crippen molar-refractivity contribution in [3.63, 3.8) is 0 Å². The van der Waals surface area contributed by atoms with Gasteiger partial charge in [0.05, 0.1) is 26.6 Å². The van der Waals surface area contributed by atoms with Gasteiger partial charge in [-0.15, -0.1) is 11.3 Å². The van der Waals surface area contributed by atoms with Gasteiger partial charge in [0, 0.05) is 26.1 Å². The zero-order valence-electron chi connectivity index (χ0n) is 11.6. The van der Waals surface area contributed by atoms with Gasteiger partial charge in [0.25, 0.3) is 0 Å². The Hall–Kier alpha value is -1.82. The van der Waals surface area contributed by atoms with Crippen molar-refractivity contribution in [1.82, 2.24) is 10.3 Å². The summed E-state index contributed by atoms with van der Waals surface area (Å²) in [7, 11) is 0. The molecule has 2 heterocycles. The number of nitrogens with two attached hydrogens (primary N) is 1. The summed E-state index contributed by atoms with van der Waals surface area (Å²) in [5.41, 5.74) is 8.98. The summed E-state index contributed by atoms with van der Waals surface area (Å²) in [5, 5.41) is 4.02. The van der Waals surface area contributed by atoms with E-state index in [1.54, 1.807) is 18.3 Å². The predicted molar refractivity (Wildman–Crippen MR) is 83.2 cm³/mol. The third-order valence-corrected chi connectivity index (χ3v) is 4.51. The topological polar surface area (TPSA) is 71.2 Å². The number of rotatable bonds is 2. The summed E-state index contributed by atoms with van der Waals surface area (Å²) >= 11 is 1.66. The minimum Gasteiger partial charge on any atom is -0.397 e. The van der Waals surface area contributed by atoms with E-state index in [9.17, 15) is 4.79 Å². The van der Waals surface area contributed by atoms with E-state index in [0.29, 0.717) is 0 Å². The molecule has 2 aromatic rings. The SMILES string of the molecule is CC(=O)NC1CCN(c2cc3nc(C)sc3cc2N)C1. The van der Waals surface area contributed by atoms with E-state index < -0.39 is 0 Å². The second-order valence-corrected chi connectivity index (χ2v) is 6.48. The number of carbonyl (C=O) groups is 1. The number of amides is 1. The summed E-state index contributed by atoms with van der Waals surface area (Å²) in [6.07, 6.45) is 0.952. The first-order valence-electron chi connectivity index (χ1n) is 6.71. The normalized spacial score (nSPS) is 18.7. The first-order chi connectivity index (χ1) is 9.52. The van der Waals surface area contributed by atoms with Crippen LogP contribution in [0.3, 0.4) is 0 Å². The quantitative estimate of drug-likeness (QED) is 0.829. The first kappa shape index (κ1) is 13.2. The molecule has 3 rings (SSSR count). The van der Waals surface area contributed by atoms with Gasteiger partial charge in [0.2, 0.25) is 5.91 Å². The van der Waals surface area contributed by atoms with Crippen LogP contribution in [0, 0.1) is 6.92 Å². The number of aromatic nitrogens is 1. The fourth-order valence-electron chi connectivity index (χ4n) is 2.75. The maximum absolute atomic E-state index is 11.1. The molecule has 0 bridgehead atoms. The maximum Gasteiger partial charge on any atom is 0.217 e. The zero-order valence-corrected chi connectivity index (χ0v) is 12.5. The molecule has 1 aromatic carbocycles. The Kier molecular flexibility index (Phi) is 3.25. The van der Waals surface area contributed by atoms with Gasteiger partial charge in [-0.25, -0.2) is 4.98 Å². The van der Waals surface area contributed by atoms with Gasteiger partial charge >= 0.3 is 0 Å². The Morgan fingerprint density at radius 3 is 3.10 bits per heavy atom. The number of fused-ring (bicyclic) bond motifs is 1. The molecule has 1 amide bonds. The van der Waals surface area contributed by atoms with Crippen molar-refractivity contribution in [3.05, 3.63) is 17.1 Å². The van der Waals surface area contributed by atoms with E-state index in [0.717, 1.165) is 46.1 Å². The summed E-state index contributed by atoms with van der Waals surface area (Å²) in [4.78, 5) is 17.9. The van der Waals surface area contributed by atoms with Gasteiger partial charge < -0.3 is 16.0 Å². The lowest BCUT2D eigenvalue weighted by Crippen LogP contribution is -2.35. The van der Waals surface area contributed by atoms with Crippen LogP contribution >= 0.6 is 11.3 Å². The molecule has 5 nitrogen and oxygen atoms in total. The number of nitrogens with one attached hydrogen (secondary N) is 1. The minimum absolute atomic E-state index is 0.0235. The molecule has 1 aliphatic rings. The molecular formula is C14H18N4OS. The molecule has 1 atom stereocenters. The summed E-state index contributed by atoms with van der Waals surface area (Å²) < 4.78 is 1.13. The molecule has 0 radical (unpaired) electrons. The van der Waals surface area contributed by atoms with Crippen molar-refractivity contribution in [2.75, 3.05) is 23.7 Å². The van der Waals surface area contributed by atoms with Crippen molar-refractivity contribution >= 4 is 38.8 Å². The van der Waals surface area contributed by atoms with Crippen molar-refractivity contribution in [2.24, 2.45) is 0 Å². The average molecular weight is 290 g/mol. The fourth-order valence-corrected chi connectivity index (χ4v) is 3.61. The number of carbonyl (C=O) groups excluding carboxylic acids is 1. The third kappa shape index (κ3) is 2.43. The van der Waals surface area contributed by atoms with Crippen LogP contribution in [0.25, 0.3) is 10.2 Å². The smallest absolute Gasteiger partial charge is 0.217 e. The van der Waals surface area contributed by atoms with Gasteiger partial charge in [-0.05, 0) is 25.5 Å². The van der Waals surface area contributed by atoms with Gasteiger partial charge in [-0.2, -0.15) is 0 Å². The van der Waals surface area contributed by atoms with Crippen molar-refractivity contribution in [3.8, 4) is 0 Å². The van der Waals surface area contributed by atoms with Crippen LogP contribution in [0.4, 0.5) is 11.4 Å². The number of anilines is 2. The van der Waals surface area contributed by atoms with Crippen LogP contribution in [0.1, 0.15) is 18.4 Å². The average Bonchev–Trinajstić information content (AvgIpc) is 2.92. The molecule has 1 fully saturated rings. The molecule has 106 valence electrons. The lowest BCUT2D eigenvalue weighted by Gasteiger charge is -2.20. The van der Waals surface area contributed by atoms with E-state index in [-0.39, 0.29) is 11.9 Å². The molecule has 3 N–H and O–H groups in total. The largest absolute Gasteiger partial charge is 0.397 e.